The molecular weight excluding hydrogens is 104 g/mol. The van der Waals surface area contributed by atoms with Crippen molar-refractivity contribution in [2.45, 2.75) is 25.9 Å². The molecule has 1 saturated heterocycles. The molecule has 1 heterocycles. The highest BCUT2D eigenvalue weighted by molar-refractivity contribution is 4.56. The minimum Gasteiger partial charge on any atom is -0.379 e. The zero-order chi connectivity index (χ0) is 6.41. The summed E-state index contributed by atoms with van der Waals surface area (Å²) in [7, 11) is 0. The third-order valence-corrected chi connectivity index (χ3v) is 1.16. The third-order valence-electron chi connectivity index (χ3n) is 1.16. The Morgan fingerprint density at radius 3 is 2.25 bits per heavy atom. The van der Waals surface area contributed by atoms with E-state index < -0.39 is 0 Å². The Morgan fingerprint density at radius 2 is 2.12 bits per heavy atom. The Bertz CT molecular complexity index is 66.1. The van der Waals surface area contributed by atoms with Crippen molar-refractivity contribution in [2.24, 2.45) is 0 Å². The molecule has 0 spiro atoms. The Balaban J connectivity index is 0.000000222. The molecule has 3 nitrogen and oxygen atoms in total. The van der Waals surface area contributed by atoms with Crippen LogP contribution in [0.1, 0.15) is 19.8 Å². The second kappa shape index (κ2) is 4.54. The Labute approximate surface area is 49.1 Å². The van der Waals surface area contributed by atoms with Crippen molar-refractivity contribution in [2.75, 3.05) is 6.61 Å². The van der Waals surface area contributed by atoms with Gasteiger partial charge in [-0.25, -0.2) is 0 Å². The summed E-state index contributed by atoms with van der Waals surface area (Å²) in [6.07, 6.45) is 3.08. The lowest BCUT2D eigenvalue weighted by Crippen LogP contribution is -1.94. The molecule has 0 aromatic rings. The van der Waals surface area contributed by atoms with Gasteiger partial charge in [-0.3, -0.25) is 0 Å². The van der Waals surface area contributed by atoms with Crippen LogP contribution in [0.25, 0.3) is 0 Å². The van der Waals surface area contributed by atoms with Crippen LogP contribution in [0.4, 0.5) is 0 Å². The van der Waals surface area contributed by atoms with Crippen molar-refractivity contribution in [1.82, 2.24) is 0 Å². The molecule has 0 bridgehead atoms. The van der Waals surface area contributed by atoms with E-state index in [2.05, 4.69) is 6.92 Å². The monoisotopic (exact) mass is 114 g/mol. The normalized spacial score (nSPS) is 26.1. The third kappa shape index (κ3) is 2.54. The van der Waals surface area contributed by atoms with Crippen molar-refractivity contribution in [3.8, 4) is 0 Å². The number of hydrogen-bond acceptors (Lipinski definition) is 3. The van der Waals surface area contributed by atoms with E-state index >= 15 is 0 Å². The summed E-state index contributed by atoms with van der Waals surface area (Å²) >= 11 is 0. The largest absolute Gasteiger partial charge is 0.379 e. The van der Waals surface area contributed by atoms with Crippen LogP contribution in [0.3, 0.4) is 0 Å². The second-order valence-electron chi connectivity index (χ2n) is 1.82. The van der Waals surface area contributed by atoms with Crippen LogP contribution >= 0.6 is 0 Å². The summed E-state index contributed by atoms with van der Waals surface area (Å²) in [5, 5.41) is 12.0. The minimum absolute atomic E-state index is 0.546. The van der Waals surface area contributed by atoms with Crippen LogP contribution in [0.2, 0.25) is 0 Å². The molecule has 1 fully saturated rings. The van der Waals surface area contributed by atoms with Gasteiger partial charge in [0, 0.05) is 17.4 Å². The van der Waals surface area contributed by atoms with Crippen LogP contribution in [-0.4, -0.2) is 12.7 Å². The molecular formula is C5H10N2O. The molecule has 1 rings (SSSR count). The summed E-state index contributed by atoms with van der Waals surface area (Å²) < 4.78 is 5.15. The quantitative estimate of drug-likeness (QED) is 0.445. The molecule has 0 radical (unpaired) electrons. The zero-order valence-electron chi connectivity index (χ0n) is 5.00. The number of rotatable bonds is 0. The number of hydrogen-bond donors (Lipinski definition) is 0. The summed E-state index contributed by atoms with van der Waals surface area (Å²) in [6.45, 7) is 3.11. The van der Waals surface area contributed by atoms with E-state index in [0.717, 1.165) is 6.61 Å². The lowest BCUT2D eigenvalue weighted by atomic mass is 10.3. The van der Waals surface area contributed by atoms with Gasteiger partial charge >= 0.3 is 0 Å². The maximum atomic E-state index is 6.00. The Hall–Kier alpha value is -0.620. The van der Waals surface area contributed by atoms with Crippen LogP contribution < -0.4 is 0 Å². The smallest absolute Gasteiger partial charge is 0.0547 e. The minimum atomic E-state index is 0.546. The lowest BCUT2D eigenvalue weighted by molar-refractivity contribution is 0.125. The molecule has 0 aromatic carbocycles. The van der Waals surface area contributed by atoms with Gasteiger partial charge in [0.05, 0.1) is 6.10 Å². The van der Waals surface area contributed by atoms with Crippen LogP contribution in [0, 0.1) is 10.8 Å². The molecule has 0 amide bonds. The first-order chi connectivity index (χ1) is 3.89. The highest BCUT2D eigenvalue weighted by Gasteiger charge is 2.07. The van der Waals surface area contributed by atoms with Gasteiger partial charge in [0.25, 0.3) is 0 Å². The maximum Gasteiger partial charge on any atom is 0.0547 e. The first kappa shape index (κ1) is 7.38. The molecule has 8 heavy (non-hydrogen) atoms. The van der Waals surface area contributed by atoms with Crippen LogP contribution in [-0.2, 0) is 4.74 Å². The van der Waals surface area contributed by atoms with Gasteiger partial charge in [-0.05, 0) is 19.8 Å². The summed E-state index contributed by atoms with van der Waals surface area (Å²) in [5.74, 6) is 0. The molecule has 1 unspecified atom stereocenters. The van der Waals surface area contributed by atoms with Crippen molar-refractivity contribution in [3.05, 3.63) is 0 Å². The highest BCUT2D eigenvalue weighted by atomic mass is 16.5. The van der Waals surface area contributed by atoms with E-state index in [1.54, 1.807) is 0 Å². The summed E-state index contributed by atoms with van der Waals surface area (Å²) in [5.41, 5.74) is 0. The fourth-order valence-electron chi connectivity index (χ4n) is 0.739. The molecule has 0 saturated carbocycles. The Morgan fingerprint density at radius 1 is 1.50 bits per heavy atom. The molecule has 3 heteroatoms. The average Bonchev–Trinajstić information content (AvgIpc) is 2.24. The molecule has 46 valence electrons. The Kier molecular flexibility index (Phi) is 4.19. The van der Waals surface area contributed by atoms with Crippen LogP contribution in [0.5, 0.6) is 0 Å². The van der Waals surface area contributed by atoms with Gasteiger partial charge in [-0.2, -0.15) is 0 Å². The summed E-state index contributed by atoms with van der Waals surface area (Å²) in [4.78, 5) is 0. The predicted molar refractivity (Wildman–Crippen MR) is 28.1 cm³/mol. The molecule has 1 aliphatic rings. The first-order valence-corrected chi connectivity index (χ1v) is 2.71. The van der Waals surface area contributed by atoms with E-state index in [-0.39, 0.29) is 0 Å². The molecule has 1 atom stereocenters. The zero-order valence-corrected chi connectivity index (χ0v) is 5.00. The molecule has 0 N–H and O–H groups in total. The number of ether oxygens (including phenoxy) is 1. The van der Waals surface area contributed by atoms with Crippen molar-refractivity contribution in [3.63, 3.8) is 0 Å². The van der Waals surface area contributed by atoms with E-state index in [4.69, 9.17) is 15.5 Å². The molecule has 0 aromatic heterocycles. The van der Waals surface area contributed by atoms with Crippen molar-refractivity contribution < 1.29 is 4.74 Å². The second-order valence-corrected chi connectivity index (χ2v) is 1.82. The van der Waals surface area contributed by atoms with Crippen LogP contribution in [0.15, 0.2) is 0 Å². The van der Waals surface area contributed by atoms with Gasteiger partial charge in [0.2, 0.25) is 0 Å². The van der Waals surface area contributed by atoms with Gasteiger partial charge in [-0.1, -0.05) is 0 Å². The van der Waals surface area contributed by atoms with E-state index in [1.165, 1.54) is 12.8 Å². The van der Waals surface area contributed by atoms with E-state index in [1.807, 2.05) is 0 Å². The number of nitrogens with zero attached hydrogens (tertiary/aromatic N) is 2. The average molecular weight is 114 g/mol. The topological polar surface area (TPSA) is 56.8 Å². The predicted octanol–water partition coefficient (Wildman–Crippen LogP) is 1.22. The van der Waals surface area contributed by atoms with Gasteiger partial charge in [0.1, 0.15) is 0 Å². The standard InChI is InChI=1S/C5H10O.N2/c1-5-3-2-4-6-5;1-2/h5H,2-4H2,1H3;. The fraction of sp³-hybridized carbons (Fsp3) is 1.00. The van der Waals surface area contributed by atoms with Gasteiger partial charge < -0.3 is 4.74 Å². The SMILES string of the molecule is CC1CCCO1.N#N. The fourth-order valence-corrected chi connectivity index (χ4v) is 0.739. The highest BCUT2D eigenvalue weighted by Crippen LogP contribution is 2.09. The lowest BCUT2D eigenvalue weighted by Gasteiger charge is -1.94. The maximum absolute atomic E-state index is 6.00. The summed E-state index contributed by atoms with van der Waals surface area (Å²) in [6, 6.07) is 0. The molecule has 0 aliphatic carbocycles. The van der Waals surface area contributed by atoms with Gasteiger partial charge in [0.15, 0.2) is 0 Å². The van der Waals surface area contributed by atoms with E-state index in [0.29, 0.717) is 6.10 Å². The van der Waals surface area contributed by atoms with Crippen molar-refractivity contribution in [1.29, 1.82) is 10.8 Å². The van der Waals surface area contributed by atoms with Crippen molar-refractivity contribution >= 4 is 0 Å². The first-order valence-electron chi connectivity index (χ1n) is 2.71. The van der Waals surface area contributed by atoms with E-state index in [9.17, 15) is 0 Å². The van der Waals surface area contributed by atoms with Gasteiger partial charge in [-0.15, -0.1) is 0 Å². The molecule has 1 aliphatic heterocycles.